The zero-order valence-corrected chi connectivity index (χ0v) is 11.3. The Morgan fingerprint density at radius 2 is 2.11 bits per heavy atom. The Labute approximate surface area is 109 Å². The third-order valence-electron chi connectivity index (χ3n) is 4.21. The zero-order chi connectivity index (χ0) is 12.5. The second-order valence-corrected chi connectivity index (χ2v) is 5.66. The summed E-state index contributed by atoms with van der Waals surface area (Å²) in [6, 6.07) is 4.74. The van der Waals surface area contributed by atoms with Gasteiger partial charge in [0.05, 0.1) is 5.69 Å². The van der Waals surface area contributed by atoms with Crippen LogP contribution < -0.4 is 10.2 Å². The second-order valence-electron chi connectivity index (χ2n) is 5.66. The SMILES string of the molecule is CN(C)c1ncccc1NC1CN2CCC1CC2. The van der Waals surface area contributed by atoms with Crippen LogP contribution in [-0.4, -0.2) is 49.7 Å². The number of aromatic nitrogens is 1. The van der Waals surface area contributed by atoms with Crippen LogP contribution in [-0.2, 0) is 0 Å². The first kappa shape index (κ1) is 11.8. The second kappa shape index (κ2) is 4.76. The van der Waals surface area contributed by atoms with Gasteiger partial charge in [0.25, 0.3) is 0 Å². The quantitative estimate of drug-likeness (QED) is 0.879. The van der Waals surface area contributed by atoms with E-state index in [9.17, 15) is 0 Å². The van der Waals surface area contributed by atoms with Crippen LogP contribution in [0.2, 0.25) is 0 Å². The monoisotopic (exact) mass is 246 g/mol. The molecule has 0 aromatic carbocycles. The Hall–Kier alpha value is -1.29. The van der Waals surface area contributed by atoms with Gasteiger partial charge < -0.3 is 15.1 Å². The van der Waals surface area contributed by atoms with Gasteiger partial charge >= 0.3 is 0 Å². The summed E-state index contributed by atoms with van der Waals surface area (Å²) in [5, 5.41) is 3.72. The molecule has 1 aromatic heterocycles. The molecule has 0 spiro atoms. The summed E-state index contributed by atoms with van der Waals surface area (Å²) in [7, 11) is 4.09. The van der Waals surface area contributed by atoms with Crippen LogP contribution in [0.4, 0.5) is 11.5 Å². The molecule has 0 amide bonds. The highest BCUT2D eigenvalue weighted by molar-refractivity contribution is 5.65. The average Bonchev–Trinajstić information content (AvgIpc) is 2.40. The largest absolute Gasteiger partial charge is 0.378 e. The average molecular weight is 246 g/mol. The fourth-order valence-electron chi connectivity index (χ4n) is 3.19. The molecule has 4 heterocycles. The van der Waals surface area contributed by atoms with Gasteiger partial charge in [-0.1, -0.05) is 0 Å². The van der Waals surface area contributed by atoms with Crippen LogP contribution in [0.1, 0.15) is 12.8 Å². The van der Waals surface area contributed by atoms with Crippen LogP contribution in [0, 0.1) is 5.92 Å². The third kappa shape index (κ3) is 2.17. The lowest BCUT2D eigenvalue weighted by Gasteiger charge is -2.45. The van der Waals surface area contributed by atoms with Crippen LogP contribution in [0.3, 0.4) is 0 Å². The number of anilines is 2. The third-order valence-corrected chi connectivity index (χ3v) is 4.21. The summed E-state index contributed by atoms with van der Waals surface area (Å²) < 4.78 is 0. The van der Waals surface area contributed by atoms with Crippen molar-refractivity contribution in [3.63, 3.8) is 0 Å². The molecule has 3 aliphatic heterocycles. The molecule has 1 unspecified atom stereocenters. The van der Waals surface area contributed by atoms with Crippen molar-refractivity contribution in [3.05, 3.63) is 18.3 Å². The number of hydrogen-bond donors (Lipinski definition) is 1. The summed E-state index contributed by atoms with van der Waals surface area (Å²) >= 11 is 0. The number of pyridine rings is 1. The summed E-state index contributed by atoms with van der Waals surface area (Å²) in [5.41, 5.74) is 1.17. The van der Waals surface area contributed by atoms with Gasteiger partial charge in [-0.3, -0.25) is 0 Å². The van der Waals surface area contributed by atoms with Gasteiger partial charge in [-0.15, -0.1) is 0 Å². The van der Waals surface area contributed by atoms with Gasteiger partial charge in [0.1, 0.15) is 0 Å². The minimum atomic E-state index is 0.593. The van der Waals surface area contributed by atoms with E-state index in [1.54, 1.807) is 0 Å². The Kier molecular flexibility index (Phi) is 3.12. The number of hydrogen-bond acceptors (Lipinski definition) is 4. The van der Waals surface area contributed by atoms with Gasteiger partial charge in [0, 0.05) is 32.9 Å². The predicted octanol–water partition coefficient (Wildman–Crippen LogP) is 1.65. The van der Waals surface area contributed by atoms with Crippen molar-refractivity contribution in [1.29, 1.82) is 0 Å². The summed E-state index contributed by atoms with van der Waals surface area (Å²) in [4.78, 5) is 9.10. The number of fused-ring (bicyclic) bond motifs is 3. The molecule has 98 valence electrons. The Morgan fingerprint density at radius 1 is 1.33 bits per heavy atom. The molecule has 0 saturated carbocycles. The van der Waals surface area contributed by atoms with E-state index in [4.69, 9.17) is 0 Å². The van der Waals surface area contributed by atoms with Gasteiger partial charge in [0.2, 0.25) is 0 Å². The molecule has 3 aliphatic rings. The van der Waals surface area contributed by atoms with Crippen molar-refractivity contribution in [2.24, 2.45) is 5.92 Å². The predicted molar refractivity (Wildman–Crippen MR) is 75.1 cm³/mol. The minimum absolute atomic E-state index is 0.593. The molecule has 4 rings (SSSR count). The topological polar surface area (TPSA) is 31.4 Å². The van der Waals surface area contributed by atoms with Gasteiger partial charge in [-0.2, -0.15) is 0 Å². The van der Waals surface area contributed by atoms with Crippen LogP contribution in [0.15, 0.2) is 18.3 Å². The van der Waals surface area contributed by atoms with Crippen LogP contribution >= 0.6 is 0 Å². The zero-order valence-electron chi connectivity index (χ0n) is 11.3. The highest BCUT2D eigenvalue weighted by Gasteiger charge is 2.34. The molecule has 0 radical (unpaired) electrons. The van der Waals surface area contributed by atoms with Gasteiger partial charge in [-0.25, -0.2) is 4.98 Å². The van der Waals surface area contributed by atoms with Crippen molar-refractivity contribution < 1.29 is 0 Å². The normalized spacial score (nSPS) is 30.2. The van der Waals surface area contributed by atoms with Crippen molar-refractivity contribution in [2.75, 3.05) is 43.9 Å². The highest BCUT2D eigenvalue weighted by Crippen LogP contribution is 2.31. The molecule has 0 aliphatic carbocycles. The molecule has 2 bridgehead atoms. The van der Waals surface area contributed by atoms with Crippen molar-refractivity contribution >= 4 is 11.5 Å². The summed E-state index contributed by atoms with van der Waals surface area (Å²) in [6.07, 6.45) is 4.54. The molecule has 1 aromatic rings. The first-order chi connectivity index (χ1) is 8.74. The van der Waals surface area contributed by atoms with Crippen LogP contribution in [0.5, 0.6) is 0 Å². The maximum atomic E-state index is 4.46. The van der Waals surface area contributed by atoms with Crippen molar-refractivity contribution in [2.45, 2.75) is 18.9 Å². The summed E-state index contributed by atoms with van der Waals surface area (Å²) in [5.74, 6) is 1.87. The summed E-state index contributed by atoms with van der Waals surface area (Å²) in [6.45, 7) is 3.76. The maximum absolute atomic E-state index is 4.46. The Morgan fingerprint density at radius 3 is 2.72 bits per heavy atom. The molecule has 4 nitrogen and oxygen atoms in total. The number of piperidine rings is 3. The standard InChI is InChI=1S/C14H22N4/c1-17(2)14-12(4-3-7-15-14)16-13-10-18-8-5-11(13)6-9-18/h3-4,7,11,13,16H,5-6,8-10H2,1-2H3. The van der Waals surface area contributed by atoms with E-state index in [0.29, 0.717) is 6.04 Å². The van der Waals surface area contributed by atoms with E-state index in [1.165, 1.54) is 38.2 Å². The van der Waals surface area contributed by atoms with E-state index in [1.807, 2.05) is 26.4 Å². The molecule has 3 saturated heterocycles. The minimum Gasteiger partial charge on any atom is -0.378 e. The lowest BCUT2D eigenvalue weighted by atomic mass is 9.84. The molecule has 3 fully saturated rings. The molecular formula is C14H22N4. The number of nitrogens with one attached hydrogen (secondary N) is 1. The van der Waals surface area contributed by atoms with Crippen molar-refractivity contribution in [1.82, 2.24) is 9.88 Å². The van der Waals surface area contributed by atoms with E-state index in [0.717, 1.165) is 11.7 Å². The van der Waals surface area contributed by atoms with E-state index >= 15 is 0 Å². The van der Waals surface area contributed by atoms with Gasteiger partial charge in [-0.05, 0) is 44.0 Å². The maximum Gasteiger partial charge on any atom is 0.151 e. The Balaban J connectivity index is 1.76. The smallest absolute Gasteiger partial charge is 0.151 e. The lowest BCUT2D eigenvalue weighted by Crippen LogP contribution is -2.53. The molecule has 1 N–H and O–H groups in total. The number of rotatable bonds is 3. The fraction of sp³-hybridized carbons (Fsp3) is 0.643. The first-order valence-corrected chi connectivity index (χ1v) is 6.85. The van der Waals surface area contributed by atoms with Crippen molar-refractivity contribution in [3.8, 4) is 0 Å². The molecular weight excluding hydrogens is 224 g/mol. The fourth-order valence-corrected chi connectivity index (χ4v) is 3.19. The molecule has 18 heavy (non-hydrogen) atoms. The van der Waals surface area contributed by atoms with Crippen LogP contribution in [0.25, 0.3) is 0 Å². The first-order valence-electron chi connectivity index (χ1n) is 6.85. The number of nitrogens with zero attached hydrogens (tertiary/aromatic N) is 3. The molecule has 1 atom stereocenters. The Bertz CT molecular complexity index is 410. The molecule has 4 heteroatoms. The van der Waals surface area contributed by atoms with E-state index < -0.39 is 0 Å². The highest BCUT2D eigenvalue weighted by atomic mass is 15.2. The van der Waals surface area contributed by atoms with E-state index in [-0.39, 0.29) is 0 Å². The van der Waals surface area contributed by atoms with Gasteiger partial charge in [0.15, 0.2) is 5.82 Å². The lowest BCUT2D eigenvalue weighted by molar-refractivity contribution is 0.0975. The van der Waals surface area contributed by atoms with E-state index in [2.05, 4.69) is 26.2 Å².